The van der Waals surface area contributed by atoms with E-state index >= 15 is 0 Å². The van der Waals surface area contributed by atoms with Gasteiger partial charge in [0.15, 0.2) is 5.75 Å². The van der Waals surface area contributed by atoms with Crippen molar-refractivity contribution in [2.45, 2.75) is 19.5 Å². The summed E-state index contributed by atoms with van der Waals surface area (Å²) in [4.78, 5) is 22.2. The van der Waals surface area contributed by atoms with Crippen LogP contribution < -0.4 is 20.9 Å². The number of hydrogen-bond donors (Lipinski definition) is 2. The van der Waals surface area contributed by atoms with Crippen molar-refractivity contribution in [3.05, 3.63) is 68.9 Å². The van der Waals surface area contributed by atoms with Gasteiger partial charge >= 0.3 is 0 Å². The summed E-state index contributed by atoms with van der Waals surface area (Å²) in [6, 6.07) is 12.4. The lowest BCUT2D eigenvalue weighted by atomic mass is 10.0. The molecule has 0 saturated carbocycles. The lowest BCUT2D eigenvalue weighted by molar-refractivity contribution is 0.406. The number of nitrogens with one attached hydrogen (secondary N) is 2. The molecule has 4 aromatic rings. The van der Waals surface area contributed by atoms with Gasteiger partial charge in [0, 0.05) is 24.5 Å². The van der Waals surface area contributed by atoms with Crippen LogP contribution in [-0.4, -0.2) is 28.7 Å². The molecule has 0 spiro atoms. The van der Waals surface area contributed by atoms with E-state index in [1.54, 1.807) is 24.5 Å². The molecule has 160 valence electrons. The summed E-state index contributed by atoms with van der Waals surface area (Å²) in [5.74, 6) is 0.928. The predicted molar refractivity (Wildman–Crippen MR) is 126 cm³/mol. The van der Waals surface area contributed by atoms with Gasteiger partial charge in [0.25, 0.3) is 5.56 Å². The number of nitrogens with zero attached hydrogens (tertiary/aromatic N) is 3. The van der Waals surface area contributed by atoms with E-state index in [1.807, 2.05) is 7.05 Å². The van der Waals surface area contributed by atoms with Crippen molar-refractivity contribution in [1.29, 1.82) is 0 Å². The molecule has 0 fully saturated rings. The Morgan fingerprint density at radius 1 is 1.23 bits per heavy atom. The van der Waals surface area contributed by atoms with Crippen LogP contribution in [0.2, 0.25) is 0 Å². The Hall–Kier alpha value is -3.23. The minimum Gasteiger partial charge on any atom is -0.491 e. The predicted octanol–water partition coefficient (Wildman–Crippen LogP) is 3.96. The second-order valence-electron chi connectivity index (χ2n) is 7.33. The van der Waals surface area contributed by atoms with Crippen molar-refractivity contribution < 1.29 is 4.74 Å². The third-order valence-electron chi connectivity index (χ3n) is 5.29. The summed E-state index contributed by atoms with van der Waals surface area (Å²) in [6.45, 7) is 2.92. The number of benzene rings is 1. The zero-order valence-electron chi connectivity index (χ0n) is 18.0. The van der Waals surface area contributed by atoms with Crippen LogP contribution >= 0.6 is 11.3 Å². The molecule has 1 atom stereocenters. The average molecular weight is 436 g/mol. The third kappa shape index (κ3) is 4.04. The van der Waals surface area contributed by atoms with Crippen molar-refractivity contribution in [3.8, 4) is 16.9 Å². The molecule has 0 aliphatic rings. The molecular weight excluding hydrogens is 410 g/mol. The number of fused-ring (bicyclic) bond motifs is 1. The van der Waals surface area contributed by atoms with Crippen molar-refractivity contribution in [3.63, 3.8) is 0 Å². The molecule has 0 unspecified atom stereocenters. The molecule has 8 heteroatoms. The van der Waals surface area contributed by atoms with Gasteiger partial charge in [-0.15, -0.1) is 11.3 Å². The zero-order chi connectivity index (χ0) is 22.0. The number of anilines is 1. The van der Waals surface area contributed by atoms with Crippen LogP contribution in [0.5, 0.6) is 5.75 Å². The highest BCUT2D eigenvalue weighted by Gasteiger charge is 2.16. The first kappa shape index (κ1) is 21.0. The smallest absolute Gasteiger partial charge is 0.294 e. The highest BCUT2D eigenvalue weighted by molar-refractivity contribution is 7.10. The number of aromatic nitrogens is 3. The van der Waals surface area contributed by atoms with Crippen LogP contribution in [0.25, 0.3) is 22.2 Å². The largest absolute Gasteiger partial charge is 0.491 e. The monoisotopic (exact) mass is 435 g/mol. The zero-order valence-corrected chi connectivity index (χ0v) is 18.8. The molecule has 0 amide bonds. The van der Waals surface area contributed by atoms with E-state index < -0.39 is 0 Å². The summed E-state index contributed by atoms with van der Waals surface area (Å²) < 4.78 is 6.72. The van der Waals surface area contributed by atoms with Crippen molar-refractivity contribution in [2.24, 2.45) is 7.05 Å². The normalized spacial score (nSPS) is 12.1. The highest BCUT2D eigenvalue weighted by Crippen LogP contribution is 2.33. The SMILES string of the molecule is CNCc1ccccc1-c1csc([C@@H](C)Nc2ncnc3c2cc(OC)c(=O)n3C)c1. The van der Waals surface area contributed by atoms with Crippen LogP contribution in [0, 0.1) is 0 Å². The molecule has 0 radical (unpaired) electrons. The highest BCUT2D eigenvalue weighted by atomic mass is 32.1. The molecule has 0 aliphatic heterocycles. The van der Waals surface area contributed by atoms with Crippen LogP contribution in [0.4, 0.5) is 5.82 Å². The number of methoxy groups -OCH3 is 1. The molecule has 0 saturated heterocycles. The molecule has 1 aromatic carbocycles. The van der Waals surface area contributed by atoms with Gasteiger partial charge in [0.1, 0.15) is 17.8 Å². The van der Waals surface area contributed by atoms with E-state index in [0.717, 1.165) is 11.9 Å². The summed E-state index contributed by atoms with van der Waals surface area (Å²) in [5, 5.41) is 9.64. The lowest BCUT2D eigenvalue weighted by Crippen LogP contribution is -2.20. The number of pyridine rings is 1. The van der Waals surface area contributed by atoms with Gasteiger partial charge in [-0.1, -0.05) is 24.3 Å². The molecule has 0 bridgehead atoms. The molecule has 3 heterocycles. The number of thiophene rings is 1. The summed E-state index contributed by atoms with van der Waals surface area (Å²) >= 11 is 1.71. The van der Waals surface area contributed by atoms with Crippen LogP contribution in [0.3, 0.4) is 0 Å². The number of ether oxygens (including phenoxy) is 1. The Labute approximate surface area is 184 Å². The molecule has 3 aromatic heterocycles. The average Bonchev–Trinajstić information content (AvgIpc) is 3.27. The molecule has 7 nitrogen and oxygen atoms in total. The van der Waals surface area contributed by atoms with E-state index in [2.05, 4.69) is 63.2 Å². The summed E-state index contributed by atoms with van der Waals surface area (Å²) in [6.07, 6.45) is 1.47. The maximum Gasteiger partial charge on any atom is 0.294 e. The first-order valence-electron chi connectivity index (χ1n) is 10.00. The van der Waals surface area contributed by atoms with Gasteiger partial charge in [-0.25, -0.2) is 9.97 Å². The number of hydrogen-bond acceptors (Lipinski definition) is 7. The van der Waals surface area contributed by atoms with E-state index in [-0.39, 0.29) is 17.4 Å². The van der Waals surface area contributed by atoms with Crippen LogP contribution in [-0.2, 0) is 13.6 Å². The maximum atomic E-state index is 12.3. The Morgan fingerprint density at radius 2 is 2.03 bits per heavy atom. The van der Waals surface area contributed by atoms with Crippen LogP contribution in [0.15, 0.2) is 52.9 Å². The Bertz CT molecular complexity index is 1280. The molecule has 4 rings (SSSR count). The topological polar surface area (TPSA) is 81.1 Å². The van der Waals surface area contributed by atoms with Gasteiger partial charge in [0.05, 0.1) is 18.5 Å². The quantitative estimate of drug-likeness (QED) is 0.457. The molecule has 0 aliphatic carbocycles. The van der Waals surface area contributed by atoms with Gasteiger partial charge in [-0.2, -0.15) is 0 Å². The van der Waals surface area contributed by atoms with Crippen molar-refractivity contribution >= 4 is 28.2 Å². The number of aryl methyl sites for hydroxylation is 1. The maximum absolute atomic E-state index is 12.3. The third-order valence-corrected chi connectivity index (χ3v) is 6.40. The molecular formula is C23H25N5O2S. The van der Waals surface area contributed by atoms with E-state index in [1.165, 1.54) is 39.6 Å². The minimum atomic E-state index is -0.226. The van der Waals surface area contributed by atoms with Gasteiger partial charge < -0.3 is 15.4 Å². The van der Waals surface area contributed by atoms with E-state index in [4.69, 9.17) is 4.74 Å². The fraction of sp³-hybridized carbons (Fsp3) is 0.261. The summed E-state index contributed by atoms with van der Waals surface area (Å²) in [5.41, 5.74) is 4.04. The first-order valence-corrected chi connectivity index (χ1v) is 10.9. The summed E-state index contributed by atoms with van der Waals surface area (Å²) in [7, 11) is 5.13. The molecule has 31 heavy (non-hydrogen) atoms. The van der Waals surface area contributed by atoms with Gasteiger partial charge in [-0.3, -0.25) is 9.36 Å². The Balaban J connectivity index is 1.66. The second kappa shape index (κ2) is 8.87. The standard InChI is InChI=1S/C23H25N5O2S/c1-14(20-9-16(12-31-20)17-8-6-5-7-15(17)11-24-2)27-21-18-10-19(30-4)23(29)28(3)22(18)26-13-25-21/h5-10,12-14,24H,11H2,1-4H3,(H,25,26,27)/t14-/m1/s1. The molecule has 2 N–H and O–H groups in total. The second-order valence-corrected chi connectivity index (χ2v) is 8.27. The van der Waals surface area contributed by atoms with Crippen molar-refractivity contribution in [1.82, 2.24) is 19.9 Å². The lowest BCUT2D eigenvalue weighted by Gasteiger charge is -2.16. The fourth-order valence-electron chi connectivity index (χ4n) is 3.65. The first-order chi connectivity index (χ1) is 15.0. The Kier molecular flexibility index (Phi) is 6.01. The van der Waals surface area contributed by atoms with Crippen molar-refractivity contribution in [2.75, 3.05) is 19.5 Å². The van der Waals surface area contributed by atoms with Gasteiger partial charge in [-0.05, 0) is 42.1 Å². The Morgan fingerprint density at radius 3 is 2.81 bits per heavy atom. The minimum absolute atomic E-state index is 0.0246. The van der Waals surface area contributed by atoms with E-state index in [9.17, 15) is 4.79 Å². The van der Waals surface area contributed by atoms with E-state index in [0.29, 0.717) is 11.5 Å². The van der Waals surface area contributed by atoms with Crippen LogP contribution in [0.1, 0.15) is 23.4 Å². The number of rotatable bonds is 7. The van der Waals surface area contributed by atoms with Gasteiger partial charge in [0.2, 0.25) is 0 Å². The fourth-order valence-corrected chi connectivity index (χ4v) is 4.56.